The minimum Gasteiger partial charge on any atom is -0.507 e. The summed E-state index contributed by atoms with van der Waals surface area (Å²) in [5, 5.41) is 20.8. The fraction of sp³-hybridized carbons (Fsp3) is 0.148. The molecule has 1 saturated heterocycles. The Hall–Kier alpha value is -4.08. The van der Waals surface area contributed by atoms with E-state index in [9.17, 15) is 14.7 Å². The summed E-state index contributed by atoms with van der Waals surface area (Å²) in [7, 11) is 1.42. The van der Waals surface area contributed by atoms with Crippen LogP contribution < -0.4 is 9.64 Å². The molecule has 0 radical (unpaired) electrons. The molecule has 1 unspecified atom stereocenters. The summed E-state index contributed by atoms with van der Waals surface area (Å²) >= 11 is 6.33. The molecule has 1 atom stereocenters. The first-order chi connectivity index (χ1) is 16.3. The summed E-state index contributed by atoms with van der Waals surface area (Å²) in [6, 6.07) is 18.2. The Labute approximate surface area is 202 Å². The number of aryl methyl sites for hydroxylation is 2. The van der Waals surface area contributed by atoms with Gasteiger partial charge in [0.05, 0.1) is 40.9 Å². The third kappa shape index (κ3) is 3.91. The molecule has 1 aliphatic heterocycles. The molecule has 0 spiro atoms. The molecule has 0 saturated carbocycles. The Morgan fingerprint density at radius 2 is 1.76 bits per heavy atom. The lowest BCUT2D eigenvalue weighted by atomic mass is 9.93. The van der Waals surface area contributed by atoms with Crippen molar-refractivity contribution in [3.63, 3.8) is 0 Å². The number of nitrogens with zero attached hydrogens (tertiary/aromatic N) is 2. The highest BCUT2D eigenvalue weighted by molar-refractivity contribution is 6.51. The Kier molecular flexibility index (Phi) is 6.14. The number of benzene rings is 3. The fourth-order valence-electron chi connectivity index (χ4n) is 4.21. The van der Waals surface area contributed by atoms with Crippen LogP contribution in [0.2, 0.25) is 5.02 Å². The van der Waals surface area contributed by atoms with Crippen molar-refractivity contribution in [3.05, 3.63) is 99.1 Å². The van der Waals surface area contributed by atoms with Crippen molar-refractivity contribution < 1.29 is 19.4 Å². The molecule has 0 bridgehead atoms. The second kappa shape index (κ2) is 9.05. The third-order valence-electron chi connectivity index (χ3n) is 5.72. The summed E-state index contributed by atoms with van der Waals surface area (Å²) in [6.45, 7) is 3.70. The van der Waals surface area contributed by atoms with Gasteiger partial charge in [-0.25, -0.2) is 0 Å². The van der Waals surface area contributed by atoms with E-state index in [0.717, 1.165) is 11.1 Å². The zero-order valence-electron chi connectivity index (χ0n) is 18.8. The number of anilines is 1. The fourth-order valence-corrected chi connectivity index (χ4v) is 4.56. The van der Waals surface area contributed by atoms with E-state index in [0.29, 0.717) is 16.8 Å². The van der Waals surface area contributed by atoms with Crippen LogP contribution in [0.3, 0.4) is 0 Å². The Bertz CT molecular complexity index is 1390. The predicted molar refractivity (Wildman–Crippen MR) is 130 cm³/mol. The number of halogens is 1. The van der Waals surface area contributed by atoms with E-state index in [2.05, 4.69) is 0 Å². The van der Waals surface area contributed by atoms with Crippen LogP contribution in [-0.2, 0) is 9.59 Å². The van der Waals surface area contributed by atoms with Crippen molar-refractivity contribution >= 4 is 34.7 Å². The van der Waals surface area contributed by atoms with E-state index in [1.165, 1.54) is 12.0 Å². The summed E-state index contributed by atoms with van der Waals surface area (Å²) in [5.74, 6) is -1.77. The summed E-state index contributed by atoms with van der Waals surface area (Å²) in [5.41, 5.74) is 3.35. The zero-order valence-corrected chi connectivity index (χ0v) is 19.6. The van der Waals surface area contributed by atoms with Crippen LogP contribution in [-0.4, -0.2) is 23.9 Å². The molecular formula is C27H21ClN2O4. The Balaban J connectivity index is 2.00. The van der Waals surface area contributed by atoms with Gasteiger partial charge in [0.1, 0.15) is 11.5 Å². The molecule has 0 aliphatic carbocycles. The van der Waals surface area contributed by atoms with E-state index >= 15 is 0 Å². The number of aliphatic hydroxyl groups excluding tert-OH is 1. The van der Waals surface area contributed by atoms with Gasteiger partial charge in [-0.2, -0.15) is 5.26 Å². The number of ether oxygens (including phenoxy) is 1. The molecule has 1 heterocycles. The van der Waals surface area contributed by atoms with E-state index in [1.54, 1.807) is 49.4 Å². The molecule has 3 aromatic carbocycles. The number of methoxy groups -OCH3 is 1. The second-order valence-electron chi connectivity index (χ2n) is 8.07. The van der Waals surface area contributed by atoms with Crippen molar-refractivity contribution in [2.24, 2.45) is 0 Å². The quantitative estimate of drug-likeness (QED) is 0.309. The van der Waals surface area contributed by atoms with Crippen molar-refractivity contribution in [2.45, 2.75) is 19.9 Å². The number of hydrogen-bond acceptors (Lipinski definition) is 5. The molecule has 4 rings (SSSR count). The lowest BCUT2D eigenvalue weighted by Gasteiger charge is -2.26. The topological polar surface area (TPSA) is 90.6 Å². The standard InChI is InChI=1S/C27H21ClN2O4/c1-15-5-4-6-18(11-15)23-22(24(31)20-12-16(2)13-21(28)26(20)34-3)25(32)27(33)30(23)19-9-7-17(14-29)8-10-19/h4-13,23,31H,1-3H3/b24-22+. The molecular weight excluding hydrogens is 452 g/mol. The lowest BCUT2D eigenvalue weighted by molar-refractivity contribution is -0.132. The molecule has 170 valence electrons. The number of aliphatic hydroxyl groups is 1. The number of ketones is 1. The average molecular weight is 473 g/mol. The first-order valence-electron chi connectivity index (χ1n) is 10.5. The number of rotatable bonds is 4. The number of carbonyl (C=O) groups is 2. The number of amides is 1. The molecule has 34 heavy (non-hydrogen) atoms. The molecule has 3 aromatic rings. The molecule has 1 fully saturated rings. The van der Waals surface area contributed by atoms with Crippen molar-refractivity contribution in [1.82, 2.24) is 0 Å². The first kappa shape index (κ1) is 23.1. The lowest BCUT2D eigenvalue weighted by Crippen LogP contribution is -2.29. The number of carbonyl (C=O) groups excluding carboxylic acids is 2. The molecule has 7 heteroatoms. The largest absolute Gasteiger partial charge is 0.507 e. The maximum Gasteiger partial charge on any atom is 0.300 e. The van der Waals surface area contributed by atoms with Gasteiger partial charge in [-0.3, -0.25) is 14.5 Å². The van der Waals surface area contributed by atoms with Gasteiger partial charge in [0.15, 0.2) is 0 Å². The van der Waals surface area contributed by atoms with Crippen LogP contribution in [0.5, 0.6) is 5.75 Å². The maximum atomic E-state index is 13.3. The zero-order chi connectivity index (χ0) is 24.6. The van der Waals surface area contributed by atoms with Crippen molar-refractivity contribution in [1.29, 1.82) is 5.26 Å². The van der Waals surface area contributed by atoms with Crippen LogP contribution in [0.4, 0.5) is 5.69 Å². The van der Waals surface area contributed by atoms with Gasteiger partial charge in [-0.05, 0) is 61.4 Å². The van der Waals surface area contributed by atoms with Gasteiger partial charge in [-0.1, -0.05) is 41.4 Å². The number of nitriles is 1. The van der Waals surface area contributed by atoms with Crippen LogP contribution >= 0.6 is 11.6 Å². The van der Waals surface area contributed by atoms with Crippen LogP contribution in [0.25, 0.3) is 5.76 Å². The minimum absolute atomic E-state index is 0.0695. The van der Waals surface area contributed by atoms with Crippen molar-refractivity contribution in [2.75, 3.05) is 12.0 Å². The highest BCUT2D eigenvalue weighted by Crippen LogP contribution is 2.44. The molecule has 1 amide bonds. The molecule has 1 N–H and O–H groups in total. The van der Waals surface area contributed by atoms with E-state index in [1.807, 2.05) is 31.2 Å². The molecule has 1 aliphatic rings. The first-order valence-corrected chi connectivity index (χ1v) is 10.9. The van der Waals surface area contributed by atoms with Gasteiger partial charge in [0.25, 0.3) is 11.7 Å². The highest BCUT2D eigenvalue weighted by Gasteiger charge is 2.47. The van der Waals surface area contributed by atoms with E-state index in [-0.39, 0.29) is 27.7 Å². The van der Waals surface area contributed by atoms with E-state index < -0.39 is 17.7 Å². The van der Waals surface area contributed by atoms with Gasteiger partial charge in [0, 0.05) is 5.69 Å². The van der Waals surface area contributed by atoms with Crippen LogP contribution in [0.1, 0.15) is 33.9 Å². The van der Waals surface area contributed by atoms with Crippen LogP contribution in [0.15, 0.2) is 66.2 Å². The van der Waals surface area contributed by atoms with Crippen LogP contribution in [0, 0.1) is 25.2 Å². The van der Waals surface area contributed by atoms with Gasteiger partial charge in [-0.15, -0.1) is 0 Å². The van der Waals surface area contributed by atoms with E-state index in [4.69, 9.17) is 21.6 Å². The maximum absolute atomic E-state index is 13.3. The summed E-state index contributed by atoms with van der Waals surface area (Å²) < 4.78 is 5.40. The monoisotopic (exact) mass is 472 g/mol. The number of hydrogen-bond donors (Lipinski definition) is 1. The number of Topliss-reactive ketones (excluding diaryl/α,β-unsaturated/α-hetero) is 1. The summed E-state index contributed by atoms with van der Waals surface area (Å²) in [6.07, 6.45) is 0. The third-order valence-corrected chi connectivity index (χ3v) is 6.00. The normalized spacial score (nSPS) is 17.0. The van der Waals surface area contributed by atoms with Gasteiger partial charge >= 0.3 is 0 Å². The Morgan fingerprint density at radius 1 is 1.06 bits per heavy atom. The Morgan fingerprint density at radius 3 is 2.38 bits per heavy atom. The highest BCUT2D eigenvalue weighted by atomic mass is 35.5. The molecule has 6 nitrogen and oxygen atoms in total. The minimum atomic E-state index is -0.892. The SMILES string of the molecule is COc1c(Cl)cc(C)cc1/C(O)=C1\C(=O)C(=O)N(c2ccc(C#N)cc2)C1c1cccc(C)c1. The smallest absolute Gasteiger partial charge is 0.300 e. The molecule has 0 aromatic heterocycles. The van der Waals surface area contributed by atoms with Gasteiger partial charge in [0.2, 0.25) is 0 Å². The van der Waals surface area contributed by atoms with Gasteiger partial charge < -0.3 is 9.84 Å². The predicted octanol–water partition coefficient (Wildman–Crippen LogP) is 5.46. The second-order valence-corrected chi connectivity index (χ2v) is 8.48. The van der Waals surface area contributed by atoms with Crippen molar-refractivity contribution in [3.8, 4) is 11.8 Å². The summed E-state index contributed by atoms with van der Waals surface area (Å²) in [4.78, 5) is 27.9. The average Bonchev–Trinajstić information content (AvgIpc) is 3.08.